The van der Waals surface area contributed by atoms with Crippen molar-refractivity contribution in [3.63, 3.8) is 0 Å². The Labute approximate surface area is 120 Å². The van der Waals surface area contributed by atoms with Gasteiger partial charge in [0.2, 0.25) is 10.0 Å². The lowest BCUT2D eigenvalue weighted by molar-refractivity contribution is 0.335. The van der Waals surface area contributed by atoms with Crippen molar-refractivity contribution < 1.29 is 13.2 Å². The highest BCUT2D eigenvalue weighted by Gasteiger charge is 2.24. The van der Waals surface area contributed by atoms with E-state index in [-0.39, 0.29) is 0 Å². The number of rotatable bonds is 8. The summed E-state index contributed by atoms with van der Waals surface area (Å²) in [5, 5.41) is 3.03. The molecule has 1 aromatic carbocycles. The molecule has 0 spiro atoms. The molecule has 1 fully saturated rings. The lowest BCUT2D eigenvalue weighted by Gasteiger charge is -2.12. The number of nitrogens with one attached hydrogen (secondary N) is 2. The van der Waals surface area contributed by atoms with E-state index in [1.54, 1.807) is 18.2 Å². The van der Waals surface area contributed by atoms with Crippen molar-refractivity contribution in [2.45, 2.75) is 31.2 Å². The van der Waals surface area contributed by atoms with Crippen LogP contribution in [0.25, 0.3) is 0 Å². The molecule has 1 aromatic rings. The summed E-state index contributed by atoms with van der Waals surface area (Å²) < 4.78 is 32.6. The van der Waals surface area contributed by atoms with E-state index in [0.29, 0.717) is 30.5 Å². The van der Waals surface area contributed by atoms with Gasteiger partial charge in [0.1, 0.15) is 5.75 Å². The monoisotopic (exact) mass is 298 g/mol. The zero-order valence-electron chi connectivity index (χ0n) is 12.0. The fourth-order valence-corrected chi connectivity index (χ4v) is 3.15. The lowest BCUT2D eigenvalue weighted by atomic mass is 10.2. The van der Waals surface area contributed by atoms with Crippen LogP contribution in [0.1, 0.15) is 25.3 Å². The average molecular weight is 298 g/mol. The Morgan fingerprint density at radius 3 is 2.70 bits per heavy atom. The predicted molar refractivity (Wildman–Crippen MR) is 78.3 cm³/mol. The van der Waals surface area contributed by atoms with E-state index in [1.807, 2.05) is 14.0 Å². The molecule has 0 atom stereocenters. The fraction of sp³-hybridized carbons (Fsp3) is 0.571. The maximum absolute atomic E-state index is 12.2. The highest BCUT2D eigenvalue weighted by molar-refractivity contribution is 7.89. The third kappa shape index (κ3) is 3.94. The summed E-state index contributed by atoms with van der Waals surface area (Å²) in [6.07, 6.45) is 2.24. The van der Waals surface area contributed by atoms with Crippen molar-refractivity contribution in [2.75, 3.05) is 20.2 Å². The molecular formula is C14H22N2O3S. The van der Waals surface area contributed by atoms with Crippen molar-refractivity contribution in [3.8, 4) is 5.75 Å². The minimum atomic E-state index is -3.42. The number of hydrogen-bond acceptors (Lipinski definition) is 4. The third-order valence-corrected chi connectivity index (χ3v) is 4.69. The van der Waals surface area contributed by atoms with Gasteiger partial charge in [-0.2, -0.15) is 0 Å². The second-order valence-corrected chi connectivity index (χ2v) is 6.80. The van der Waals surface area contributed by atoms with Gasteiger partial charge in [-0.15, -0.1) is 0 Å². The van der Waals surface area contributed by atoms with E-state index in [9.17, 15) is 8.42 Å². The van der Waals surface area contributed by atoms with Gasteiger partial charge in [-0.25, -0.2) is 13.1 Å². The molecule has 2 rings (SSSR count). The van der Waals surface area contributed by atoms with Crippen LogP contribution in [-0.2, 0) is 16.6 Å². The quantitative estimate of drug-likeness (QED) is 0.763. The second kappa shape index (κ2) is 6.56. The first-order valence-electron chi connectivity index (χ1n) is 6.96. The first-order chi connectivity index (χ1) is 9.56. The van der Waals surface area contributed by atoms with Gasteiger partial charge in [0, 0.05) is 18.7 Å². The van der Waals surface area contributed by atoms with Crippen LogP contribution in [0.3, 0.4) is 0 Å². The molecule has 6 heteroatoms. The van der Waals surface area contributed by atoms with Crippen molar-refractivity contribution >= 4 is 10.0 Å². The molecule has 1 saturated carbocycles. The number of hydrogen-bond donors (Lipinski definition) is 2. The van der Waals surface area contributed by atoms with E-state index < -0.39 is 10.0 Å². The van der Waals surface area contributed by atoms with Crippen LogP contribution >= 0.6 is 0 Å². The Morgan fingerprint density at radius 1 is 1.35 bits per heavy atom. The zero-order chi connectivity index (χ0) is 14.6. The van der Waals surface area contributed by atoms with E-state index in [4.69, 9.17) is 4.74 Å². The third-order valence-electron chi connectivity index (χ3n) is 3.27. The summed E-state index contributed by atoms with van der Waals surface area (Å²) in [4.78, 5) is 0.298. The summed E-state index contributed by atoms with van der Waals surface area (Å²) >= 11 is 0. The summed E-state index contributed by atoms with van der Waals surface area (Å²) in [5.74, 6) is 1.24. The van der Waals surface area contributed by atoms with Gasteiger partial charge in [0.15, 0.2) is 0 Å². The van der Waals surface area contributed by atoms with Crippen LogP contribution in [0.2, 0.25) is 0 Å². The normalized spacial score (nSPS) is 15.3. The van der Waals surface area contributed by atoms with E-state index >= 15 is 0 Å². The first kappa shape index (κ1) is 15.3. The van der Waals surface area contributed by atoms with E-state index in [2.05, 4.69) is 10.0 Å². The Hall–Kier alpha value is -1.11. The number of benzene rings is 1. The predicted octanol–water partition coefficient (Wildman–Crippen LogP) is 1.49. The highest BCUT2D eigenvalue weighted by atomic mass is 32.2. The molecule has 0 unspecified atom stereocenters. The van der Waals surface area contributed by atoms with E-state index in [1.165, 1.54) is 0 Å². The smallest absolute Gasteiger partial charge is 0.240 e. The van der Waals surface area contributed by atoms with Crippen molar-refractivity contribution in [1.82, 2.24) is 10.0 Å². The summed E-state index contributed by atoms with van der Waals surface area (Å²) in [6.45, 7) is 3.58. The Morgan fingerprint density at radius 2 is 2.10 bits per heavy atom. The fourth-order valence-electron chi connectivity index (χ4n) is 1.98. The average Bonchev–Trinajstić information content (AvgIpc) is 3.23. The largest absolute Gasteiger partial charge is 0.494 e. The molecule has 2 N–H and O–H groups in total. The molecule has 20 heavy (non-hydrogen) atoms. The van der Waals surface area contributed by atoms with Gasteiger partial charge >= 0.3 is 0 Å². The molecule has 1 aliphatic rings. The van der Waals surface area contributed by atoms with Gasteiger partial charge in [-0.05, 0) is 50.9 Å². The maximum atomic E-state index is 12.2. The van der Waals surface area contributed by atoms with E-state index in [0.717, 1.165) is 24.2 Å². The molecule has 0 amide bonds. The van der Waals surface area contributed by atoms with Crippen LogP contribution in [-0.4, -0.2) is 28.6 Å². The Kier molecular flexibility index (Phi) is 5.01. The first-order valence-corrected chi connectivity index (χ1v) is 8.45. The van der Waals surface area contributed by atoms with Crippen molar-refractivity contribution in [1.29, 1.82) is 0 Å². The van der Waals surface area contributed by atoms with Gasteiger partial charge in [-0.3, -0.25) is 0 Å². The Bertz CT molecular complexity index is 554. The summed E-state index contributed by atoms with van der Waals surface area (Å²) in [6, 6.07) is 5.00. The minimum Gasteiger partial charge on any atom is -0.494 e. The molecule has 112 valence electrons. The maximum Gasteiger partial charge on any atom is 0.240 e. The van der Waals surface area contributed by atoms with Crippen molar-refractivity contribution in [3.05, 3.63) is 23.8 Å². The standard InChI is InChI=1S/C14H22N2O3S/c1-3-19-14-7-6-13(8-12(14)10-15-2)20(17,18)16-9-11-4-5-11/h6-8,11,15-16H,3-5,9-10H2,1-2H3. The van der Waals surface area contributed by atoms with Crippen LogP contribution in [0, 0.1) is 5.92 Å². The second-order valence-electron chi connectivity index (χ2n) is 5.03. The molecule has 0 radical (unpaired) electrons. The van der Waals surface area contributed by atoms with Crippen molar-refractivity contribution in [2.24, 2.45) is 5.92 Å². The van der Waals surface area contributed by atoms with Gasteiger partial charge in [0.25, 0.3) is 0 Å². The Balaban J connectivity index is 2.19. The molecule has 0 saturated heterocycles. The van der Waals surface area contributed by atoms with Crippen LogP contribution in [0.5, 0.6) is 5.75 Å². The SMILES string of the molecule is CCOc1ccc(S(=O)(=O)NCC2CC2)cc1CNC. The molecule has 0 bridgehead atoms. The molecule has 0 aromatic heterocycles. The molecule has 5 nitrogen and oxygen atoms in total. The van der Waals surface area contributed by atoms with Gasteiger partial charge in [0.05, 0.1) is 11.5 Å². The summed E-state index contributed by atoms with van der Waals surface area (Å²) in [5.41, 5.74) is 0.851. The molecule has 0 heterocycles. The number of ether oxygens (including phenoxy) is 1. The molecule has 0 aliphatic heterocycles. The van der Waals surface area contributed by atoms with Crippen LogP contribution in [0.15, 0.2) is 23.1 Å². The highest BCUT2D eigenvalue weighted by Crippen LogP contribution is 2.28. The minimum absolute atomic E-state index is 0.298. The topological polar surface area (TPSA) is 67.4 Å². The van der Waals surface area contributed by atoms with Crippen LogP contribution in [0.4, 0.5) is 0 Å². The number of sulfonamides is 1. The van der Waals surface area contributed by atoms with Gasteiger partial charge < -0.3 is 10.1 Å². The molecule has 1 aliphatic carbocycles. The van der Waals surface area contributed by atoms with Gasteiger partial charge in [-0.1, -0.05) is 0 Å². The lowest BCUT2D eigenvalue weighted by Crippen LogP contribution is -2.26. The van der Waals surface area contributed by atoms with Crippen LogP contribution < -0.4 is 14.8 Å². The molecular weight excluding hydrogens is 276 g/mol. The summed E-state index contributed by atoms with van der Waals surface area (Å²) in [7, 11) is -1.60. The zero-order valence-corrected chi connectivity index (χ0v) is 12.8.